The average Bonchev–Trinajstić information content (AvgIpc) is 1.89. The van der Waals surface area contributed by atoms with E-state index in [2.05, 4.69) is 16.1 Å². The van der Waals surface area contributed by atoms with Crippen molar-refractivity contribution in [3.8, 4) is 12.5 Å². The van der Waals surface area contributed by atoms with Crippen LogP contribution in [0.5, 0.6) is 0 Å². The molecule has 3 nitrogen and oxygen atoms in total. The molecule has 0 aromatic rings. The second-order valence-corrected chi connectivity index (χ2v) is 1.63. The quantitative estimate of drug-likeness (QED) is 0.295. The largest absolute Gasteiger partial charge is 0.466 e. The Kier molecular flexibility index (Phi) is 10.6. The van der Waals surface area contributed by atoms with Crippen molar-refractivity contribution in [1.82, 2.24) is 5.32 Å². The molecule has 0 aliphatic heterocycles. The predicted molar refractivity (Wildman–Crippen MR) is 45.3 cm³/mol. The van der Waals surface area contributed by atoms with Gasteiger partial charge < -0.3 is 10.1 Å². The van der Waals surface area contributed by atoms with E-state index in [1.165, 1.54) is 0 Å². The summed E-state index contributed by atoms with van der Waals surface area (Å²) in [6.07, 6.45) is 5.21. The first-order valence-electron chi connectivity index (χ1n) is 3.15. The van der Waals surface area contributed by atoms with Gasteiger partial charge in [-0.1, -0.05) is 6.42 Å². The van der Waals surface area contributed by atoms with Crippen molar-refractivity contribution >= 4 is 18.4 Å². The molecule has 0 spiro atoms. The topological polar surface area (TPSA) is 38.3 Å². The molecule has 0 amide bonds. The number of ether oxygens (including phenoxy) is 1. The zero-order valence-electron chi connectivity index (χ0n) is 6.42. The summed E-state index contributed by atoms with van der Waals surface area (Å²) in [5.41, 5.74) is 0. The number of rotatable bonds is 4. The van der Waals surface area contributed by atoms with Crippen molar-refractivity contribution < 1.29 is 9.53 Å². The fourth-order valence-electron chi connectivity index (χ4n) is 0.470. The van der Waals surface area contributed by atoms with E-state index < -0.39 is 0 Å². The molecular formula is C7H12ClNO2. The van der Waals surface area contributed by atoms with Crippen molar-refractivity contribution in [2.24, 2.45) is 0 Å². The van der Waals surface area contributed by atoms with Gasteiger partial charge in [-0.3, -0.25) is 4.79 Å². The van der Waals surface area contributed by atoms with Crippen LogP contribution in [0.15, 0.2) is 0 Å². The van der Waals surface area contributed by atoms with Crippen molar-refractivity contribution in [3.05, 3.63) is 0 Å². The summed E-state index contributed by atoms with van der Waals surface area (Å²) in [5, 5.41) is 2.56. The van der Waals surface area contributed by atoms with Gasteiger partial charge in [0.15, 0.2) is 0 Å². The first kappa shape index (κ1) is 12.8. The highest BCUT2D eigenvalue weighted by Gasteiger charge is 1.97. The average molecular weight is 178 g/mol. The van der Waals surface area contributed by atoms with Crippen molar-refractivity contribution in [2.75, 3.05) is 13.2 Å². The smallest absolute Gasteiger partial charge is 0.307 e. The Morgan fingerprint density at radius 1 is 1.73 bits per heavy atom. The van der Waals surface area contributed by atoms with E-state index in [9.17, 15) is 4.79 Å². The van der Waals surface area contributed by atoms with Crippen molar-refractivity contribution in [1.29, 1.82) is 0 Å². The van der Waals surface area contributed by atoms with Gasteiger partial charge in [0.2, 0.25) is 0 Å². The van der Waals surface area contributed by atoms with Crippen LogP contribution in [0, 0.1) is 12.5 Å². The lowest BCUT2D eigenvalue weighted by Gasteiger charge is -1.99. The Morgan fingerprint density at radius 2 is 2.36 bits per heavy atom. The highest BCUT2D eigenvalue weighted by molar-refractivity contribution is 5.85. The van der Waals surface area contributed by atoms with Crippen LogP contribution in [0.2, 0.25) is 0 Å². The van der Waals surface area contributed by atoms with E-state index in [4.69, 9.17) is 6.42 Å². The molecule has 0 fully saturated rings. The number of hydrogen-bond donors (Lipinski definition) is 1. The summed E-state index contributed by atoms with van der Waals surface area (Å²) in [4.78, 5) is 10.6. The van der Waals surface area contributed by atoms with E-state index in [-0.39, 0.29) is 18.4 Å². The van der Waals surface area contributed by atoms with E-state index in [1.54, 1.807) is 6.92 Å². The highest BCUT2D eigenvalue weighted by atomic mass is 35.5. The minimum Gasteiger partial charge on any atom is -0.466 e. The Hall–Kier alpha value is -0.880. The number of terminal acetylenes is 1. The zero-order valence-corrected chi connectivity index (χ0v) is 7.24. The zero-order chi connectivity index (χ0) is 7.82. The Bertz CT molecular complexity index is 142. The summed E-state index contributed by atoms with van der Waals surface area (Å²) >= 11 is 0. The molecule has 0 unspecified atom stereocenters. The molecule has 0 aromatic heterocycles. The number of esters is 1. The molecule has 0 rings (SSSR count). The lowest BCUT2D eigenvalue weighted by Crippen LogP contribution is -2.14. The molecule has 0 heterocycles. The summed E-state index contributed by atoms with van der Waals surface area (Å²) in [5.74, 6) is -0.217. The fourth-order valence-corrected chi connectivity index (χ4v) is 0.470. The normalized spacial score (nSPS) is 7.27. The minimum atomic E-state index is -0.217. The van der Waals surface area contributed by atoms with Crippen LogP contribution in [0.1, 0.15) is 13.3 Å². The SMILES string of the molecule is C#CNCCC(=O)OCC.Cl. The number of carbonyl (C=O) groups is 1. The lowest BCUT2D eigenvalue weighted by atomic mass is 10.4. The maximum atomic E-state index is 10.6. The number of carbonyl (C=O) groups excluding carboxylic acids is 1. The van der Waals surface area contributed by atoms with Gasteiger partial charge in [0, 0.05) is 12.6 Å². The van der Waals surface area contributed by atoms with Crippen LogP contribution in [0.4, 0.5) is 0 Å². The first-order chi connectivity index (χ1) is 4.81. The Labute approximate surface area is 72.9 Å². The third-order valence-electron chi connectivity index (χ3n) is 0.862. The summed E-state index contributed by atoms with van der Waals surface area (Å²) in [7, 11) is 0. The molecule has 0 atom stereocenters. The van der Waals surface area contributed by atoms with Gasteiger partial charge in [0.25, 0.3) is 0 Å². The lowest BCUT2D eigenvalue weighted by molar-refractivity contribution is -0.142. The van der Waals surface area contributed by atoms with Gasteiger partial charge in [-0.15, -0.1) is 12.4 Å². The Morgan fingerprint density at radius 3 is 2.82 bits per heavy atom. The van der Waals surface area contributed by atoms with E-state index >= 15 is 0 Å². The van der Waals surface area contributed by atoms with Gasteiger partial charge >= 0.3 is 5.97 Å². The third-order valence-corrected chi connectivity index (χ3v) is 0.862. The molecule has 0 aliphatic rings. The molecule has 1 N–H and O–H groups in total. The number of halogens is 1. The monoisotopic (exact) mass is 177 g/mol. The highest BCUT2D eigenvalue weighted by Crippen LogP contribution is 1.82. The minimum absolute atomic E-state index is 0. The first-order valence-corrected chi connectivity index (χ1v) is 3.15. The van der Waals surface area contributed by atoms with Gasteiger partial charge in [-0.2, -0.15) is 0 Å². The number of hydrogen-bond acceptors (Lipinski definition) is 3. The molecule has 64 valence electrons. The van der Waals surface area contributed by atoms with Gasteiger partial charge in [-0.05, 0) is 6.92 Å². The predicted octanol–water partition coefficient (Wildman–Crippen LogP) is 0.542. The van der Waals surface area contributed by atoms with Crippen LogP contribution in [-0.2, 0) is 9.53 Å². The van der Waals surface area contributed by atoms with Crippen molar-refractivity contribution in [2.45, 2.75) is 13.3 Å². The summed E-state index contributed by atoms with van der Waals surface area (Å²) < 4.78 is 4.64. The molecule has 0 saturated heterocycles. The van der Waals surface area contributed by atoms with E-state index in [0.717, 1.165) is 0 Å². The van der Waals surface area contributed by atoms with Crippen LogP contribution < -0.4 is 5.32 Å². The van der Waals surface area contributed by atoms with Gasteiger partial charge in [0.05, 0.1) is 13.0 Å². The molecule has 0 saturated carbocycles. The molecule has 0 radical (unpaired) electrons. The standard InChI is InChI=1S/C7H11NO2.ClH/c1-3-8-6-5-7(9)10-4-2;/h1,8H,4-6H2,2H3;1H. The molecular weight excluding hydrogens is 166 g/mol. The second-order valence-electron chi connectivity index (χ2n) is 1.63. The number of nitrogens with one attached hydrogen (secondary N) is 1. The molecule has 11 heavy (non-hydrogen) atoms. The fraction of sp³-hybridized carbons (Fsp3) is 0.571. The molecule has 0 bridgehead atoms. The van der Waals surface area contributed by atoms with Crippen molar-refractivity contribution in [3.63, 3.8) is 0 Å². The van der Waals surface area contributed by atoms with E-state index in [0.29, 0.717) is 19.6 Å². The summed E-state index contributed by atoms with van der Waals surface area (Å²) in [6.45, 7) is 2.68. The molecule has 4 heteroatoms. The maximum absolute atomic E-state index is 10.6. The van der Waals surface area contributed by atoms with E-state index in [1.807, 2.05) is 0 Å². The van der Waals surface area contributed by atoms with Crippen LogP contribution in [-0.4, -0.2) is 19.1 Å². The van der Waals surface area contributed by atoms with Crippen LogP contribution in [0.25, 0.3) is 0 Å². The van der Waals surface area contributed by atoms with Crippen LogP contribution in [0.3, 0.4) is 0 Å². The molecule has 0 aromatic carbocycles. The second kappa shape index (κ2) is 9.12. The maximum Gasteiger partial charge on any atom is 0.307 e. The van der Waals surface area contributed by atoms with Crippen LogP contribution >= 0.6 is 12.4 Å². The van der Waals surface area contributed by atoms with Gasteiger partial charge in [-0.25, -0.2) is 0 Å². The van der Waals surface area contributed by atoms with Gasteiger partial charge in [0.1, 0.15) is 0 Å². The molecule has 0 aliphatic carbocycles. The summed E-state index contributed by atoms with van der Waals surface area (Å²) in [6, 6.07) is 2.21. The Balaban J connectivity index is 0. The third kappa shape index (κ3) is 9.12.